The molecule has 0 aromatic heterocycles. The molecule has 4 heteroatoms. The molecule has 0 aliphatic carbocycles. The Morgan fingerprint density at radius 3 is 2.55 bits per heavy atom. The van der Waals surface area contributed by atoms with Gasteiger partial charge in [-0.2, -0.15) is 0 Å². The lowest BCUT2D eigenvalue weighted by Crippen LogP contribution is -2.31. The lowest BCUT2D eigenvalue weighted by atomic mass is 10.1. The fourth-order valence-electron chi connectivity index (χ4n) is 2.70. The molecule has 1 aromatic rings. The van der Waals surface area contributed by atoms with Gasteiger partial charge < -0.3 is 15.3 Å². The second-order valence-electron chi connectivity index (χ2n) is 5.75. The molecular weight excluding hydrogens is 252 g/mol. The molecule has 1 aliphatic rings. The number of nitrogens with one attached hydrogen (secondary N) is 1. The van der Waals surface area contributed by atoms with Crippen molar-refractivity contribution in [2.45, 2.75) is 26.3 Å². The largest absolute Gasteiger partial charge is 0.478 e. The molecular formula is C16H24N2O2. The minimum absolute atomic E-state index is 0.344. The third-order valence-corrected chi connectivity index (χ3v) is 3.79. The number of rotatable bonds is 7. The Morgan fingerprint density at radius 1 is 1.30 bits per heavy atom. The molecule has 1 aromatic carbocycles. The third kappa shape index (κ3) is 4.62. The van der Waals surface area contributed by atoms with Crippen LogP contribution in [0, 0.1) is 5.92 Å². The highest BCUT2D eigenvalue weighted by Crippen LogP contribution is 2.10. The van der Waals surface area contributed by atoms with Gasteiger partial charge >= 0.3 is 5.97 Å². The maximum atomic E-state index is 10.8. The number of carboxylic acids is 1. The average molecular weight is 276 g/mol. The van der Waals surface area contributed by atoms with Gasteiger partial charge in [0.15, 0.2) is 0 Å². The predicted octanol–water partition coefficient (Wildman–Crippen LogP) is 2.21. The van der Waals surface area contributed by atoms with Gasteiger partial charge in [-0.25, -0.2) is 4.79 Å². The number of benzene rings is 1. The van der Waals surface area contributed by atoms with Crippen LogP contribution in [0.2, 0.25) is 0 Å². The van der Waals surface area contributed by atoms with Crippen LogP contribution in [0.1, 0.15) is 35.7 Å². The van der Waals surface area contributed by atoms with Crippen LogP contribution in [0.3, 0.4) is 0 Å². The van der Waals surface area contributed by atoms with Gasteiger partial charge in [-0.05, 0) is 56.1 Å². The van der Waals surface area contributed by atoms with E-state index in [9.17, 15) is 4.79 Å². The maximum Gasteiger partial charge on any atom is 0.335 e. The van der Waals surface area contributed by atoms with Gasteiger partial charge in [0.25, 0.3) is 0 Å². The van der Waals surface area contributed by atoms with Crippen molar-refractivity contribution in [2.24, 2.45) is 5.92 Å². The van der Waals surface area contributed by atoms with Crippen molar-refractivity contribution >= 4 is 5.97 Å². The second kappa shape index (κ2) is 7.41. The summed E-state index contributed by atoms with van der Waals surface area (Å²) in [4.78, 5) is 13.3. The first-order valence-electron chi connectivity index (χ1n) is 7.40. The lowest BCUT2D eigenvalue weighted by molar-refractivity contribution is 0.0697. The molecule has 1 heterocycles. The Labute approximate surface area is 120 Å². The zero-order chi connectivity index (χ0) is 14.4. The first-order chi connectivity index (χ1) is 9.65. The molecule has 1 unspecified atom stereocenters. The highest BCUT2D eigenvalue weighted by Gasteiger charge is 2.14. The van der Waals surface area contributed by atoms with Gasteiger partial charge in [0.1, 0.15) is 0 Å². The summed E-state index contributed by atoms with van der Waals surface area (Å²) in [6.45, 7) is 7.74. The van der Waals surface area contributed by atoms with Crippen LogP contribution in [-0.4, -0.2) is 42.2 Å². The molecule has 1 atom stereocenters. The minimum Gasteiger partial charge on any atom is -0.478 e. The van der Waals surface area contributed by atoms with Crippen molar-refractivity contribution in [3.8, 4) is 0 Å². The summed E-state index contributed by atoms with van der Waals surface area (Å²) in [7, 11) is 0. The van der Waals surface area contributed by atoms with E-state index in [0.29, 0.717) is 11.5 Å². The summed E-state index contributed by atoms with van der Waals surface area (Å²) in [5, 5.41) is 12.3. The van der Waals surface area contributed by atoms with Gasteiger partial charge in [0, 0.05) is 13.1 Å². The monoisotopic (exact) mass is 276 g/mol. The van der Waals surface area contributed by atoms with Crippen molar-refractivity contribution in [1.82, 2.24) is 10.2 Å². The molecule has 20 heavy (non-hydrogen) atoms. The van der Waals surface area contributed by atoms with Gasteiger partial charge in [0.2, 0.25) is 0 Å². The van der Waals surface area contributed by atoms with Crippen LogP contribution < -0.4 is 5.32 Å². The van der Waals surface area contributed by atoms with Crippen molar-refractivity contribution < 1.29 is 9.90 Å². The normalized spacial score (nSPS) is 17.2. The van der Waals surface area contributed by atoms with Crippen molar-refractivity contribution in [1.29, 1.82) is 0 Å². The van der Waals surface area contributed by atoms with E-state index in [1.54, 1.807) is 12.1 Å². The molecule has 110 valence electrons. The Hall–Kier alpha value is -1.39. The summed E-state index contributed by atoms with van der Waals surface area (Å²) in [6, 6.07) is 7.07. The van der Waals surface area contributed by atoms with Gasteiger partial charge in [-0.3, -0.25) is 0 Å². The summed E-state index contributed by atoms with van der Waals surface area (Å²) < 4.78 is 0. The molecule has 0 radical (unpaired) electrons. The van der Waals surface area contributed by atoms with Crippen LogP contribution in [0.15, 0.2) is 24.3 Å². The van der Waals surface area contributed by atoms with E-state index in [1.807, 2.05) is 12.1 Å². The highest BCUT2D eigenvalue weighted by molar-refractivity contribution is 5.87. The number of carboxylic acid groups (broad SMARTS) is 1. The Bertz CT molecular complexity index is 425. The Balaban J connectivity index is 1.68. The van der Waals surface area contributed by atoms with Crippen LogP contribution in [0.5, 0.6) is 0 Å². The Morgan fingerprint density at radius 2 is 1.95 bits per heavy atom. The summed E-state index contributed by atoms with van der Waals surface area (Å²) in [6.07, 6.45) is 2.69. The standard InChI is InChI=1S/C16H24N2O2/c1-13(12-18-8-2-3-9-18)10-17-11-14-4-6-15(7-5-14)16(19)20/h4-7,13,17H,2-3,8-12H2,1H3,(H,19,20). The molecule has 0 spiro atoms. The number of aromatic carboxylic acids is 1. The number of likely N-dealkylation sites (tertiary alicyclic amines) is 1. The zero-order valence-electron chi connectivity index (χ0n) is 12.1. The van der Waals surface area contributed by atoms with E-state index in [1.165, 1.54) is 32.5 Å². The van der Waals surface area contributed by atoms with Crippen LogP contribution in [0.4, 0.5) is 0 Å². The van der Waals surface area contributed by atoms with Crippen molar-refractivity contribution in [2.75, 3.05) is 26.2 Å². The van der Waals surface area contributed by atoms with E-state index in [2.05, 4.69) is 17.1 Å². The predicted molar refractivity (Wildman–Crippen MR) is 79.9 cm³/mol. The highest BCUT2D eigenvalue weighted by atomic mass is 16.4. The molecule has 1 fully saturated rings. The summed E-state index contributed by atoms with van der Waals surface area (Å²) >= 11 is 0. The quantitative estimate of drug-likeness (QED) is 0.801. The molecule has 2 N–H and O–H groups in total. The number of nitrogens with zero attached hydrogens (tertiary/aromatic N) is 1. The fraction of sp³-hybridized carbons (Fsp3) is 0.562. The first-order valence-corrected chi connectivity index (χ1v) is 7.40. The van der Waals surface area contributed by atoms with E-state index in [4.69, 9.17) is 5.11 Å². The minimum atomic E-state index is -0.872. The SMILES string of the molecule is CC(CNCc1ccc(C(=O)O)cc1)CN1CCCC1. The molecule has 1 aliphatic heterocycles. The molecule has 0 amide bonds. The number of hydrogen-bond acceptors (Lipinski definition) is 3. The molecule has 2 rings (SSSR count). The number of carbonyl (C=O) groups is 1. The topological polar surface area (TPSA) is 52.6 Å². The zero-order valence-corrected chi connectivity index (χ0v) is 12.1. The maximum absolute atomic E-state index is 10.8. The first kappa shape index (κ1) is 15.0. The summed E-state index contributed by atoms with van der Waals surface area (Å²) in [5.41, 5.74) is 1.47. The van der Waals surface area contributed by atoms with E-state index >= 15 is 0 Å². The second-order valence-corrected chi connectivity index (χ2v) is 5.75. The summed E-state index contributed by atoms with van der Waals surface area (Å²) in [5.74, 6) is -0.227. The molecule has 0 bridgehead atoms. The van der Waals surface area contributed by atoms with E-state index < -0.39 is 5.97 Å². The third-order valence-electron chi connectivity index (χ3n) is 3.79. The van der Waals surface area contributed by atoms with E-state index in [-0.39, 0.29) is 0 Å². The van der Waals surface area contributed by atoms with Crippen molar-refractivity contribution in [3.05, 3.63) is 35.4 Å². The van der Waals surface area contributed by atoms with Gasteiger partial charge in [-0.15, -0.1) is 0 Å². The molecule has 0 saturated carbocycles. The Kier molecular flexibility index (Phi) is 5.56. The molecule has 1 saturated heterocycles. The molecule has 4 nitrogen and oxygen atoms in total. The smallest absolute Gasteiger partial charge is 0.335 e. The number of hydrogen-bond donors (Lipinski definition) is 2. The average Bonchev–Trinajstić information content (AvgIpc) is 2.92. The lowest BCUT2D eigenvalue weighted by Gasteiger charge is -2.20. The van der Waals surface area contributed by atoms with Gasteiger partial charge in [0.05, 0.1) is 5.56 Å². The van der Waals surface area contributed by atoms with Crippen LogP contribution >= 0.6 is 0 Å². The van der Waals surface area contributed by atoms with Crippen molar-refractivity contribution in [3.63, 3.8) is 0 Å². The van der Waals surface area contributed by atoms with Crippen LogP contribution in [0.25, 0.3) is 0 Å². The van der Waals surface area contributed by atoms with E-state index in [0.717, 1.165) is 18.7 Å². The fourth-order valence-corrected chi connectivity index (χ4v) is 2.70. The van der Waals surface area contributed by atoms with Gasteiger partial charge in [-0.1, -0.05) is 19.1 Å². The van der Waals surface area contributed by atoms with Crippen LogP contribution in [-0.2, 0) is 6.54 Å².